The van der Waals surface area contributed by atoms with Gasteiger partial charge in [0.05, 0.1) is 7.11 Å². The van der Waals surface area contributed by atoms with Crippen molar-refractivity contribution in [2.24, 2.45) is 0 Å². The highest BCUT2D eigenvalue weighted by Gasteiger charge is 2.19. The molecule has 0 aliphatic carbocycles. The molecule has 0 saturated carbocycles. The second-order valence-corrected chi connectivity index (χ2v) is 7.17. The highest BCUT2D eigenvalue weighted by atomic mass is 32.2. The zero-order valence-electron chi connectivity index (χ0n) is 16.9. The van der Waals surface area contributed by atoms with Crippen LogP contribution < -0.4 is 14.8 Å². The normalized spacial score (nSPS) is 11.3. The van der Waals surface area contributed by atoms with E-state index in [9.17, 15) is 4.79 Å². The molecule has 0 bridgehead atoms. The predicted octanol–water partition coefficient (Wildman–Crippen LogP) is 3.56. The van der Waals surface area contributed by atoms with Crippen molar-refractivity contribution in [1.29, 1.82) is 0 Å². The van der Waals surface area contributed by atoms with E-state index >= 15 is 0 Å². The lowest BCUT2D eigenvalue weighted by Crippen LogP contribution is -2.39. The topological polar surface area (TPSA) is 56.8 Å². The van der Waals surface area contributed by atoms with Crippen molar-refractivity contribution >= 4 is 17.7 Å². The van der Waals surface area contributed by atoms with Gasteiger partial charge in [-0.05, 0) is 37.1 Å². The molecule has 2 aromatic rings. The number of methoxy groups -OCH3 is 1. The summed E-state index contributed by atoms with van der Waals surface area (Å²) >= 11 is 1.61. The van der Waals surface area contributed by atoms with Gasteiger partial charge in [-0.25, -0.2) is 0 Å². The van der Waals surface area contributed by atoms with Gasteiger partial charge in [-0.1, -0.05) is 30.2 Å². The molecule has 0 spiro atoms. The van der Waals surface area contributed by atoms with E-state index < -0.39 is 6.10 Å². The number of thioether (sulfide) groups is 1. The SMILES string of the molecule is C#CCOc1ccc(CCNC(=O)[C@H](CSc2ccccc2)OCC)c(OC)c1. The number of carbonyl (C=O) groups is 1. The van der Waals surface area contributed by atoms with Crippen molar-refractivity contribution in [3.8, 4) is 23.8 Å². The van der Waals surface area contributed by atoms with Crippen LogP contribution in [0.2, 0.25) is 0 Å². The standard InChI is InChI=1S/C23H27NO4S/c1-4-15-28-19-12-11-18(21(16-19)26-3)13-14-24-23(25)22(27-5-2)17-29-20-9-7-6-8-10-20/h1,6-12,16,22H,5,13-15,17H2,2-3H3,(H,24,25)/t22-/m0/s1. The first kappa shape index (κ1) is 22.7. The van der Waals surface area contributed by atoms with Gasteiger partial charge in [0.2, 0.25) is 5.91 Å². The van der Waals surface area contributed by atoms with Gasteiger partial charge in [-0.3, -0.25) is 4.79 Å². The molecule has 154 valence electrons. The van der Waals surface area contributed by atoms with E-state index in [1.54, 1.807) is 24.9 Å². The maximum Gasteiger partial charge on any atom is 0.250 e. The highest BCUT2D eigenvalue weighted by Crippen LogP contribution is 2.25. The van der Waals surface area contributed by atoms with Crippen LogP contribution in [0.4, 0.5) is 0 Å². The fourth-order valence-electron chi connectivity index (χ4n) is 2.67. The third kappa shape index (κ3) is 7.72. The largest absolute Gasteiger partial charge is 0.496 e. The number of nitrogens with one attached hydrogen (secondary N) is 1. The van der Waals surface area contributed by atoms with Crippen molar-refractivity contribution in [2.45, 2.75) is 24.3 Å². The summed E-state index contributed by atoms with van der Waals surface area (Å²) < 4.78 is 16.5. The van der Waals surface area contributed by atoms with Crippen LogP contribution in [-0.2, 0) is 16.0 Å². The lowest BCUT2D eigenvalue weighted by Gasteiger charge is -2.17. The summed E-state index contributed by atoms with van der Waals surface area (Å²) in [6.07, 6.45) is 5.35. The van der Waals surface area contributed by atoms with Crippen LogP contribution in [0, 0.1) is 12.3 Å². The minimum Gasteiger partial charge on any atom is -0.496 e. The van der Waals surface area contributed by atoms with Crippen molar-refractivity contribution in [1.82, 2.24) is 5.32 Å². The average Bonchev–Trinajstić information content (AvgIpc) is 2.76. The number of carbonyl (C=O) groups excluding carboxylic acids is 1. The molecule has 2 aromatic carbocycles. The Bertz CT molecular complexity index is 804. The van der Waals surface area contributed by atoms with E-state index in [4.69, 9.17) is 20.6 Å². The Morgan fingerprint density at radius 1 is 1.24 bits per heavy atom. The molecule has 0 fully saturated rings. The molecule has 0 heterocycles. The number of amides is 1. The third-order valence-corrected chi connectivity index (χ3v) is 5.15. The van der Waals surface area contributed by atoms with Gasteiger partial charge in [0.25, 0.3) is 0 Å². The second kappa shape index (κ2) is 12.8. The molecular weight excluding hydrogens is 386 g/mol. The summed E-state index contributed by atoms with van der Waals surface area (Å²) in [6, 6.07) is 15.5. The zero-order valence-corrected chi connectivity index (χ0v) is 17.7. The van der Waals surface area contributed by atoms with E-state index in [2.05, 4.69) is 11.2 Å². The monoisotopic (exact) mass is 413 g/mol. The quantitative estimate of drug-likeness (QED) is 0.426. The van der Waals surface area contributed by atoms with Crippen molar-refractivity contribution in [3.05, 3.63) is 54.1 Å². The fraction of sp³-hybridized carbons (Fsp3) is 0.348. The maximum atomic E-state index is 12.6. The zero-order chi connectivity index (χ0) is 20.9. The summed E-state index contributed by atoms with van der Waals surface area (Å²) in [5.41, 5.74) is 0.979. The molecule has 1 N–H and O–H groups in total. The number of ether oxygens (including phenoxy) is 3. The molecule has 5 nitrogen and oxygen atoms in total. The van der Waals surface area contributed by atoms with Gasteiger partial charge >= 0.3 is 0 Å². The smallest absolute Gasteiger partial charge is 0.250 e. The van der Waals surface area contributed by atoms with Crippen LogP contribution >= 0.6 is 11.8 Å². The Labute approximate surface area is 177 Å². The molecule has 0 aliphatic heterocycles. The van der Waals surface area contributed by atoms with E-state index in [1.165, 1.54) is 0 Å². The van der Waals surface area contributed by atoms with E-state index in [-0.39, 0.29) is 12.5 Å². The molecule has 0 aromatic heterocycles. The van der Waals surface area contributed by atoms with Crippen LogP contribution in [0.25, 0.3) is 0 Å². The number of hydrogen-bond acceptors (Lipinski definition) is 5. The summed E-state index contributed by atoms with van der Waals surface area (Å²) in [5.74, 6) is 4.25. The molecule has 0 aliphatic rings. The van der Waals surface area contributed by atoms with Crippen molar-refractivity contribution in [2.75, 3.05) is 32.6 Å². The lowest BCUT2D eigenvalue weighted by molar-refractivity contribution is -0.131. The lowest BCUT2D eigenvalue weighted by atomic mass is 10.1. The molecule has 1 amide bonds. The first-order valence-corrected chi connectivity index (χ1v) is 10.5. The number of benzene rings is 2. The Balaban J connectivity index is 1.86. The fourth-order valence-corrected chi connectivity index (χ4v) is 3.61. The Morgan fingerprint density at radius 2 is 2.03 bits per heavy atom. The number of rotatable bonds is 12. The van der Waals surface area contributed by atoms with Crippen LogP contribution in [0.15, 0.2) is 53.4 Å². The van der Waals surface area contributed by atoms with Crippen LogP contribution in [0.3, 0.4) is 0 Å². The summed E-state index contributed by atoms with van der Waals surface area (Å²) in [7, 11) is 1.61. The number of hydrogen-bond donors (Lipinski definition) is 1. The number of terminal acetylenes is 1. The van der Waals surface area contributed by atoms with Crippen molar-refractivity contribution in [3.63, 3.8) is 0 Å². The van der Waals surface area contributed by atoms with Gasteiger partial charge in [0.15, 0.2) is 0 Å². The maximum absolute atomic E-state index is 12.6. The van der Waals surface area contributed by atoms with Gasteiger partial charge in [0, 0.05) is 29.9 Å². The first-order chi connectivity index (χ1) is 14.2. The molecule has 0 unspecified atom stereocenters. The second-order valence-electron chi connectivity index (χ2n) is 6.08. The molecule has 2 rings (SSSR count). The Kier molecular flexibility index (Phi) is 9.98. The van der Waals surface area contributed by atoms with Gasteiger partial charge < -0.3 is 19.5 Å². The molecule has 0 saturated heterocycles. The van der Waals surface area contributed by atoms with E-state index in [1.807, 2.05) is 49.4 Å². The average molecular weight is 414 g/mol. The van der Waals surface area contributed by atoms with Crippen molar-refractivity contribution < 1.29 is 19.0 Å². The molecule has 0 radical (unpaired) electrons. The van der Waals surface area contributed by atoms with Crippen LogP contribution in [-0.4, -0.2) is 44.6 Å². The highest BCUT2D eigenvalue weighted by molar-refractivity contribution is 7.99. The first-order valence-electron chi connectivity index (χ1n) is 9.48. The third-order valence-electron chi connectivity index (χ3n) is 4.08. The van der Waals surface area contributed by atoms with Crippen LogP contribution in [0.5, 0.6) is 11.5 Å². The molecular formula is C23H27NO4S. The predicted molar refractivity (Wildman–Crippen MR) is 117 cm³/mol. The van der Waals surface area contributed by atoms with E-state index in [0.29, 0.717) is 36.8 Å². The van der Waals surface area contributed by atoms with Gasteiger partial charge in [-0.2, -0.15) is 0 Å². The van der Waals surface area contributed by atoms with Gasteiger partial charge in [0.1, 0.15) is 24.2 Å². The molecule has 6 heteroatoms. The summed E-state index contributed by atoms with van der Waals surface area (Å²) in [6.45, 7) is 3.07. The molecule has 29 heavy (non-hydrogen) atoms. The Hall–Kier alpha value is -2.62. The van der Waals surface area contributed by atoms with Gasteiger partial charge in [-0.15, -0.1) is 18.2 Å². The Morgan fingerprint density at radius 3 is 2.72 bits per heavy atom. The summed E-state index contributed by atoms with van der Waals surface area (Å²) in [4.78, 5) is 13.7. The molecule has 1 atom stereocenters. The van der Waals surface area contributed by atoms with Crippen LogP contribution in [0.1, 0.15) is 12.5 Å². The summed E-state index contributed by atoms with van der Waals surface area (Å²) in [5, 5.41) is 2.96. The minimum absolute atomic E-state index is 0.108. The van der Waals surface area contributed by atoms with E-state index in [0.717, 1.165) is 10.5 Å². The minimum atomic E-state index is -0.494.